The van der Waals surface area contributed by atoms with E-state index in [1.165, 1.54) is 5.69 Å². The van der Waals surface area contributed by atoms with Crippen LogP contribution in [0.2, 0.25) is 0 Å². The number of nitrogens with zero attached hydrogens (tertiary/aromatic N) is 2. The first-order chi connectivity index (χ1) is 9.24. The molecule has 1 saturated carbocycles. The molecule has 2 aliphatic rings. The molecule has 2 aromatic rings. The predicted molar refractivity (Wildman–Crippen MR) is 78.2 cm³/mol. The van der Waals surface area contributed by atoms with Gasteiger partial charge in [0.2, 0.25) is 0 Å². The van der Waals surface area contributed by atoms with Gasteiger partial charge in [0, 0.05) is 24.7 Å². The van der Waals surface area contributed by atoms with Gasteiger partial charge < -0.3 is 10.1 Å². The standard InChI is InChI=1S/C14H16BrN3O/c1-18-13-4-8(2-3-9(13)14(15)17-18)16-5-10-11-6-19-7-12(10)11/h2-4,10-12,16H,5-7H2,1H3. The normalized spacial score (nSPS) is 28.6. The Balaban J connectivity index is 1.50. The monoisotopic (exact) mass is 321 g/mol. The predicted octanol–water partition coefficient (Wildman–Crippen LogP) is 2.64. The largest absolute Gasteiger partial charge is 0.385 e. The van der Waals surface area contributed by atoms with Crippen LogP contribution in [-0.2, 0) is 11.8 Å². The van der Waals surface area contributed by atoms with Gasteiger partial charge in [0.15, 0.2) is 0 Å². The number of ether oxygens (including phenoxy) is 1. The van der Waals surface area contributed by atoms with Crippen LogP contribution in [0.4, 0.5) is 5.69 Å². The highest BCUT2D eigenvalue weighted by molar-refractivity contribution is 9.10. The maximum absolute atomic E-state index is 5.42. The van der Waals surface area contributed by atoms with Gasteiger partial charge in [-0.05, 0) is 51.9 Å². The van der Waals surface area contributed by atoms with Crippen molar-refractivity contribution in [2.24, 2.45) is 24.8 Å². The van der Waals surface area contributed by atoms with Crippen LogP contribution in [-0.4, -0.2) is 29.5 Å². The van der Waals surface area contributed by atoms with Gasteiger partial charge in [0.25, 0.3) is 0 Å². The van der Waals surface area contributed by atoms with E-state index in [1.807, 2.05) is 11.7 Å². The molecule has 4 rings (SSSR count). The number of anilines is 1. The van der Waals surface area contributed by atoms with Gasteiger partial charge in [-0.1, -0.05) is 0 Å². The Morgan fingerprint density at radius 3 is 3.00 bits per heavy atom. The first-order valence-electron chi connectivity index (χ1n) is 6.68. The van der Waals surface area contributed by atoms with Gasteiger partial charge in [-0.25, -0.2) is 0 Å². The van der Waals surface area contributed by atoms with E-state index in [0.717, 1.165) is 53.0 Å². The highest BCUT2D eigenvalue weighted by Gasteiger charge is 2.53. The minimum absolute atomic E-state index is 0.807. The quantitative estimate of drug-likeness (QED) is 0.944. The highest BCUT2D eigenvalue weighted by Crippen LogP contribution is 2.50. The van der Waals surface area contributed by atoms with Crippen LogP contribution in [0.3, 0.4) is 0 Å². The van der Waals surface area contributed by atoms with Crippen LogP contribution < -0.4 is 5.32 Å². The molecule has 0 bridgehead atoms. The topological polar surface area (TPSA) is 39.1 Å². The molecule has 1 aromatic carbocycles. The fourth-order valence-corrected chi connectivity index (χ4v) is 3.79. The molecule has 100 valence electrons. The van der Waals surface area contributed by atoms with E-state index in [9.17, 15) is 0 Å². The zero-order chi connectivity index (χ0) is 13.0. The van der Waals surface area contributed by atoms with Crippen molar-refractivity contribution in [2.45, 2.75) is 0 Å². The summed E-state index contributed by atoms with van der Waals surface area (Å²) in [7, 11) is 1.97. The number of halogens is 1. The van der Waals surface area contributed by atoms with E-state index in [-0.39, 0.29) is 0 Å². The molecule has 0 spiro atoms. The summed E-state index contributed by atoms with van der Waals surface area (Å²) in [5.41, 5.74) is 2.32. The Hall–Kier alpha value is -1.07. The van der Waals surface area contributed by atoms with Gasteiger partial charge in [-0.15, -0.1) is 0 Å². The van der Waals surface area contributed by atoms with Crippen molar-refractivity contribution >= 4 is 32.5 Å². The van der Waals surface area contributed by atoms with E-state index < -0.39 is 0 Å². The van der Waals surface area contributed by atoms with Crippen LogP contribution in [0.1, 0.15) is 0 Å². The number of fused-ring (bicyclic) bond motifs is 2. The molecule has 1 aromatic heterocycles. The molecule has 4 nitrogen and oxygen atoms in total. The van der Waals surface area contributed by atoms with Crippen molar-refractivity contribution in [1.29, 1.82) is 0 Å². The molecule has 1 aliphatic heterocycles. The number of hydrogen-bond acceptors (Lipinski definition) is 3. The zero-order valence-corrected chi connectivity index (χ0v) is 12.4. The second-order valence-corrected chi connectivity index (χ2v) is 6.31. The lowest BCUT2D eigenvalue weighted by molar-refractivity contribution is 0.153. The van der Waals surface area contributed by atoms with Gasteiger partial charge >= 0.3 is 0 Å². The molecule has 19 heavy (non-hydrogen) atoms. The summed E-state index contributed by atoms with van der Waals surface area (Å²) in [4.78, 5) is 0. The molecule has 1 N–H and O–H groups in total. The lowest BCUT2D eigenvalue weighted by atomic mass is 10.2. The molecule has 2 atom stereocenters. The number of benzene rings is 1. The Kier molecular flexibility index (Phi) is 2.60. The van der Waals surface area contributed by atoms with Crippen molar-refractivity contribution < 1.29 is 4.74 Å². The van der Waals surface area contributed by atoms with Gasteiger partial charge in [-0.2, -0.15) is 5.10 Å². The molecule has 1 aliphatic carbocycles. The van der Waals surface area contributed by atoms with Crippen LogP contribution in [0.15, 0.2) is 22.8 Å². The summed E-state index contributed by atoms with van der Waals surface area (Å²) in [5.74, 6) is 2.42. The van der Waals surface area contributed by atoms with Crippen LogP contribution >= 0.6 is 15.9 Å². The summed E-state index contributed by atoms with van der Waals surface area (Å²) >= 11 is 3.48. The van der Waals surface area contributed by atoms with Crippen molar-refractivity contribution in [2.75, 3.05) is 25.1 Å². The molecule has 2 unspecified atom stereocenters. The average Bonchev–Trinajstić information content (AvgIpc) is 2.73. The van der Waals surface area contributed by atoms with E-state index in [4.69, 9.17) is 4.74 Å². The van der Waals surface area contributed by atoms with Crippen molar-refractivity contribution in [3.05, 3.63) is 22.8 Å². The third-order valence-corrected chi connectivity index (χ3v) is 5.06. The fraction of sp³-hybridized carbons (Fsp3) is 0.500. The second-order valence-electron chi connectivity index (χ2n) is 5.56. The van der Waals surface area contributed by atoms with Crippen LogP contribution in [0.5, 0.6) is 0 Å². The third kappa shape index (κ3) is 1.87. The first kappa shape index (κ1) is 11.7. The molecule has 5 heteroatoms. The molecule has 0 amide bonds. The number of rotatable bonds is 3. The second kappa shape index (κ2) is 4.21. The molecule has 1 saturated heterocycles. The van der Waals surface area contributed by atoms with E-state index in [1.54, 1.807) is 0 Å². The van der Waals surface area contributed by atoms with Crippen LogP contribution in [0.25, 0.3) is 10.9 Å². The van der Waals surface area contributed by atoms with Crippen molar-refractivity contribution in [3.63, 3.8) is 0 Å². The van der Waals surface area contributed by atoms with Crippen LogP contribution in [0, 0.1) is 17.8 Å². The summed E-state index contributed by atoms with van der Waals surface area (Å²) in [5, 5.41) is 9.08. The first-order valence-corrected chi connectivity index (χ1v) is 7.47. The Bertz CT molecular complexity index is 629. The molecular formula is C14H16BrN3O. The van der Waals surface area contributed by atoms with Gasteiger partial charge in [-0.3, -0.25) is 4.68 Å². The van der Waals surface area contributed by atoms with E-state index in [2.05, 4.69) is 44.5 Å². The molecule has 2 fully saturated rings. The maximum atomic E-state index is 5.42. The maximum Gasteiger partial charge on any atom is 0.135 e. The number of nitrogens with one attached hydrogen (secondary N) is 1. The molecule has 0 radical (unpaired) electrons. The van der Waals surface area contributed by atoms with Gasteiger partial charge in [0.05, 0.1) is 18.7 Å². The minimum Gasteiger partial charge on any atom is -0.385 e. The lowest BCUT2D eigenvalue weighted by Gasteiger charge is -2.08. The Morgan fingerprint density at radius 1 is 1.42 bits per heavy atom. The Morgan fingerprint density at radius 2 is 2.21 bits per heavy atom. The molecule has 2 heterocycles. The molecular weight excluding hydrogens is 306 g/mol. The van der Waals surface area contributed by atoms with Crippen molar-refractivity contribution in [1.82, 2.24) is 9.78 Å². The Labute approximate surface area is 120 Å². The zero-order valence-electron chi connectivity index (χ0n) is 10.8. The number of aromatic nitrogens is 2. The minimum atomic E-state index is 0.807. The summed E-state index contributed by atoms with van der Waals surface area (Å²) in [6.07, 6.45) is 0. The fourth-order valence-electron chi connectivity index (χ4n) is 3.22. The summed E-state index contributed by atoms with van der Waals surface area (Å²) in [6.45, 7) is 2.98. The van der Waals surface area contributed by atoms with Crippen molar-refractivity contribution in [3.8, 4) is 0 Å². The van der Waals surface area contributed by atoms with E-state index >= 15 is 0 Å². The summed E-state index contributed by atoms with van der Waals surface area (Å²) < 4.78 is 8.24. The van der Waals surface area contributed by atoms with Gasteiger partial charge in [0.1, 0.15) is 4.60 Å². The number of aryl methyl sites for hydroxylation is 1. The number of hydrogen-bond donors (Lipinski definition) is 1. The average molecular weight is 322 g/mol. The highest BCUT2D eigenvalue weighted by atomic mass is 79.9. The SMILES string of the molecule is Cn1nc(Br)c2ccc(NCC3C4COCC34)cc21. The smallest absolute Gasteiger partial charge is 0.135 e. The summed E-state index contributed by atoms with van der Waals surface area (Å²) in [6, 6.07) is 6.41. The van der Waals surface area contributed by atoms with E-state index in [0.29, 0.717) is 0 Å². The third-order valence-electron chi connectivity index (χ3n) is 4.48. The lowest BCUT2D eigenvalue weighted by Crippen LogP contribution is -2.10.